The molecule has 0 fully saturated rings. The Morgan fingerprint density at radius 3 is 2.94 bits per heavy atom. The second-order valence-corrected chi connectivity index (χ2v) is 3.09. The number of aliphatic hydroxyl groups excluding tert-OH is 1. The summed E-state index contributed by atoms with van der Waals surface area (Å²) in [6.07, 6.45) is -0.396. The average molecular weight is 237 g/mol. The van der Waals surface area contributed by atoms with Crippen molar-refractivity contribution in [2.75, 3.05) is 19.0 Å². The molecular formula is C12H12FNO3. The van der Waals surface area contributed by atoms with E-state index in [1.807, 2.05) is 0 Å². The number of amides is 1. The molecule has 1 aromatic rings. The molecule has 0 saturated heterocycles. The molecular weight excluding hydrogens is 225 g/mol. The maximum atomic E-state index is 13.5. The normalized spacial score (nSPS) is 9.12. The van der Waals surface area contributed by atoms with Crippen LogP contribution in [0.1, 0.15) is 12.0 Å². The number of hydrogen-bond acceptors (Lipinski definition) is 3. The van der Waals surface area contributed by atoms with Crippen LogP contribution < -0.4 is 5.32 Å². The van der Waals surface area contributed by atoms with E-state index < -0.39 is 11.9 Å². The van der Waals surface area contributed by atoms with E-state index in [0.29, 0.717) is 12.0 Å². The van der Waals surface area contributed by atoms with Crippen molar-refractivity contribution in [3.05, 3.63) is 29.6 Å². The molecule has 90 valence electrons. The predicted octanol–water partition coefficient (Wildman–Crippen LogP) is 1.74. The van der Waals surface area contributed by atoms with Gasteiger partial charge in [0.05, 0.1) is 19.4 Å². The van der Waals surface area contributed by atoms with Gasteiger partial charge in [0.15, 0.2) is 0 Å². The van der Waals surface area contributed by atoms with Crippen LogP contribution in [0.2, 0.25) is 0 Å². The highest BCUT2D eigenvalue weighted by atomic mass is 19.1. The van der Waals surface area contributed by atoms with Gasteiger partial charge in [-0.15, -0.1) is 0 Å². The largest absolute Gasteiger partial charge is 0.453 e. The van der Waals surface area contributed by atoms with E-state index in [0.717, 1.165) is 0 Å². The molecule has 1 amide bonds. The lowest BCUT2D eigenvalue weighted by Crippen LogP contribution is -2.12. The van der Waals surface area contributed by atoms with Crippen molar-refractivity contribution in [3.63, 3.8) is 0 Å². The number of halogens is 1. The summed E-state index contributed by atoms with van der Waals surface area (Å²) in [4.78, 5) is 10.9. The van der Waals surface area contributed by atoms with Gasteiger partial charge in [-0.2, -0.15) is 0 Å². The summed E-state index contributed by atoms with van der Waals surface area (Å²) in [6, 6.07) is 4.17. The van der Waals surface area contributed by atoms with Crippen LogP contribution in [0.4, 0.5) is 14.9 Å². The number of carbonyl (C=O) groups excluding carboxylic acids is 1. The first-order valence-electron chi connectivity index (χ1n) is 4.91. The monoisotopic (exact) mass is 237 g/mol. The number of nitrogens with one attached hydrogen (secondary N) is 1. The van der Waals surface area contributed by atoms with Crippen LogP contribution in [-0.4, -0.2) is 24.9 Å². The zero-order valence-corrected chi connectivity index (χ0v) is 9.29. The average Bonchev–Trinajstić information content (AvgIpc) is 2.32. The molecule has 0 saturated carbocycles. The van der Waals surface area contributed by atoms with E-state index in [-0.39, 0.29) is 12.3 Å². The summed E-state index contributed by atoms with van der Waals surface area (Å²) in [5, 5.41) is 10.8. The van der Waals surface area contributed by atoms with E-state index in [2.05, 4.69) is 21.9 Å². The highest BCUT2D eigenvalue weighted by molar-refractivity contribution is 5.84. The quantitative estimate of drug-likeness (QED) is 0.770. The molecule has 0 atom stereocenters. The molecule has 0 unspecified atom stereocenters. The molecule has 17 heavy (non-hydrogen) atoms. The Hall–Kier alpha value is -2.06. The number of ether oxygens (including phenoxy) is 1. The fourth-order valence-electron chi connectivity index (χ4n) is 1.08. The number of hydrogen-bond donors (Lipinski definition) is 2. The van der Waals surface area contributed by atoms with E-state index >= 15 is 0 Å². The first kappa shape index (κ1) is 13.0. The standard InChI is InChI=1S/C12H12FNO3/c1-17-12(16)14-11-6-5-9(8-10(11)13)4-2-3-7-15/h5-6,8,15H,3,7H2,1H3,(H,14,16). The van der Waals surface area contributed by atoms with Gasteiger partial charge in [-0.3, -0.25) is 5.32 Å². The molecule has 0 aliphatic heterocycles. The van der Waals surface area contributed by atoms with Crippen molar-refractivity contribution in [2.24, 2.45) is 0 Å². The van der Waals surface area contributed by atoms with Crippen LogP contribution in [0.25, 0.3) is 0 Å². The highest BCUT2D eigenvalue weighted by Crippen LogP contribution is 2.15. The van der Waals surface area contributed by atoms with Crippen molar-refractivity contribution >= 4 is 11.8 Å². The van der Waals surface area contributed by atoms with Gasteiger partial charge in [-0.05, 0) is 18.2 Å². The van der Waals surface area contributed by atoms with Gasteiger partial charge in [-0.1, -0.05) is 11.8 Å². The van der Waals surface area contributed by atoms with E-state index in [9.17, 15) is 9.18 Å². The molecule has 4 nitrogen and oxygen atoms in total. The number of benzene rings is 1. The number of rotatable bonds is 2. The Labute approximate surface area is 98.4 Å². The van der Waals surface area contributed by atoms with Crippen LogP contribution in [0.3, 0.4) is 0 Å². The van der Waals surface area contributed by atoms with Gasteiger partial charge in [0.2, 0.25) is 0 Å². The zero-order chi connectivity index (χ0) is 12.7. The first-order valence-corrected chi connectivity index (χ1v) is 4.91. The molecule has 0 heterocycles. The second kappa shape index (κ2) is 6.51. The fraction of sp³-hybridized carbons (Fsp3) is 0.250. The molecule has 0 aromatic heterocycles. The van der Waals surface area contributed by atoms with Gasteiger partial charge in [0.1, 0.15) is 5.82 Å². The molecule has 1 rings (SSSR count). The van der Waals surface area contributed by atoms with Crippen molar-refractivity contribution in [3.8, 4) is 11.8 Å². The number of anilines is 1. The van der Waals surface area contributed by atoms with Gasteiger partial charge < -0.3 is 9.84 Å². The van der Waals surface area contributed by atoms with Crippen LogP contribution in [-0.2, 0) is 4.74 Å². The summed E-state index contributed by atoms with van der Waals surface area (Å²) >= 11 is 0. The summed E-state index contributed by atoms with van der Waals surface area (Å²) < 4.78 is 17.8. The molecule has 0 aliphatic carbocycles. The van der Waals surface area contributed by atoms with Crippen molar-refractivity contribution in [2.45, 2.75) is 6.42 Å². The molecule has 0 aliphatic rings. The minimum Gasteiger partial charge on any atom is -0.453 e. The third-order valence-electron chi connectivity index (χ3n) is 1.86. The van der Waals surface area contributed by atoms with Crippen molar-refractivity contribution < 1.29 is 19.0 Å². The maximum absolute atomic E-state index is 13.5. The second-order valence-electron chi connectivity index (χ2n) is 3.09. The topological polar surface area (TPSA) is 58.6 Å². The molecule has 2 N–H and O–H groups in total. The van der Waals surface area contributed by atoms with Crippen molar-refractivity contribution in [1.82, 2.24) is 0 Å². The molecule has 0 spiro atoms. The summed E-state index contributed by atoms with van der Waals surface area (Å²) in [6.45, 7) is -0.0303. The first-order chi connectivity index (χ1) is 8.17. The lowest BCUT2D eigenvalue weighted by atomic mass is 10.2. The lowest BCUT2D eigenvalue weighted by molar-refractivity contribution is 0.187. The van der Waals surface area contributed by atoms with Crippen LogP contribution >= 0.6 is 0 Å². The number of methoxy groups -OCH3 is 1. The Bertz CT molecular complexity index is 463. The van der Waals surface area contributed by atoms with Crippen LogP contribution in [0.5, 0.6) is 0 Å². The molecule has 0 radical (unpaired) electrons. The highest BCUT2D eigenvalue weighted by Gasteiger charge is 2.06. The number of carbonyl (C=O) groups is 1. The Morgan fingerprint density at radius 2 is 2.35 bits per heavy atom. The zero-order valence-electron chi connectivity index (χ0n) is 9.29. The van der Waals surface area contributed by atoms with Gasteiger partial charge >= 0.3 is 6.09 Å². The minimum absolute atomic E-state index is 0.0303. The summed E-state index contributed by atoms with van der Waals surface area (Å²) in [7, 11) is 1.20. The Kier molecular flexibility index (Phi) is 4.98. The van der Waals surface area contributed by atoms with Crippen LogP contribution in [0, 0.1) is 17.7 Å². The van der Waals surface area contributed by atoms with Gasteiger partial charge in [-0.25, -0.2) is 9.18 Å². The van der Waals surface area contributed by atoms with Gasteiger partial charge in [0.25, 0.3) is 0 Å². The summed E-state index contributed by atoms with van der Waals surface area (Å²) in [5.74, 6) is 4.77. The third kappa shape index (κ3) is 4.13. The Morgan fingerprint density at radius 1 is 1.59 bits per heavy atom. The third-order valence-corrected chi connectivity index (χ3v) is 1.86. The fourth-order valence-corrected chi connectivity index (χ4v) is 1.08. The van der Waals surface area contributed by atoms with E-state index in [1.165, 1.54) is 19.2 Å². The molecule has 1 aromatic carbocycles. The van der Waals surface area contributed by atoms with Gasteiger partial charge in [0, 0.05) is 12.0 Å². The SMILES string of the molecule is COC(=O)Nc1ccc(C#CCCO)cc1F. The smallest absolute Gasteiger partial charge is 0.411 e. The molecule has 0 bridgehead atoms. The molecule has 5 heteroatoms. The van der Waals surface area contributed by atoms with Crippen LogP contribution in [0.15, 0.2) is 18.2 Å². The van der Waals surface area contributed by atoms with E-state index in [4.69, 9.17) is 5.11 Å². The van der Waals surface area contributed by atoms with Crippen molar-refractivity contribution in [1.29, 1.82) is 0 Å². The maximum Gasteiger partial charge on any atom is 0.411 e. The predicted molar refractivity (Wildman–Crippen MR) is 61.0 cm³/mol. The summed E-state index contributed by atoms with van der Waals surface area (Å²) in [5.41, 5.74) is 0.510. The lowest BCUT2D eigenvalue weighted by Gasteiger charge is -2.04. The minimum atomic E-state index is -0.733. The Balaban J connectivity index is 2.80. The number of aliphatic hydroxyl groups is 1. The van der Waals surface area contributed by atoms with E-state index in [1.54, 1.807) is 6.07 Å².